The van der Waals surface area contributed by atoms with Crippen LogP contribution < -0.4 is 5.73 Å². The molecule has 0 spiro atoms. The Labute approximate surface area is 123 Å². The molecule has 4 heteroatoms. The van der Waals surface area contributed by atoms with Gasteiger partial charge in [-0.25, -0.2) is 4.98 Å². The minimum atomic E-state index is 0.555. The third kappa shape index (κ3) is 3.00. The zero-order valence-corrected chi connectivity index (χ0v) is 13.2. The van der Waals surface area contributed by atoms with Crippen LogP contribution in [0.5, 0.6) is 0 Å². The first-order valence-corrected chi connectivity index (χ1v) is 7.43. The maximum atomic E-state index is 6.29. The van der Waals surface area contributed by atoms with Crippen molar-refractivity contribution in [2.45, 2.75) is 33.7 Å². The van der Waals surface area contributed by atoms with E-state index in [1.165, 1.54) is 0 Å². The SMILES string of the molecule is CCc1nc(-c2ccc(Br)cc2)c(N)n1CC(C)C. The number of nitrogens with zero attached hydrogens (tertiary/aromatic N) is 2. The first-order chi connectivity index (χ1) is 9.02. The molecule has 102 valence electrons. The molecule has 0 radical (unpaired) electrons. The summed E-state index contributed by atoms with van der Waals surface area (Å²) in [6.07, 6.45) is 0.896. The maximum absolute atomic E-state index is 6.29. The lowest BCUT2D eigenvalue weighted by atomic mass is 10.1. The molecule has 0 saturated heterocycles. The number of rotatable bonds is 4. The molecule has 0 bridgehead atoms. The van der Waals surface area contributed by atoms with E-state index < -0.39 is 0 Å². The van der Waals surface area contributed by atoms with Crippen molar-refractivity contribution < 1.29 is 0 Å². The fourth-order valence-electron chi connectivity index (χ4n) is 2.17. The molecule has 1 aromatic heterocycles. The second-order valence-corrected chi connectivity index (χ2v) is 6.04. The molecular formula is C15H20BrN3. The number of hydrogen-bond acceptors (Lipinski definition) is 2. The zero-order chi connectivity index (χ0) is 14.0. The van der Waals surface area contributed by atoms with Crippen molar-refractivity contribution in [1.82, 2.24) is 9.55 Å². The Bertz CT molecular complexity index is 556. The van der Waals surface area contributed by atoms with Crippen LogP contribution >= 0.6 is 15.9 Å². The number of nitrogens with two attached hydrogens (primary N) is 1. The fourth-order valence-corrected chi connectivity index (χ4v) is 2.44. The number of benzene rings is 1. The predicted molar refractivity (Wildman–Crippen MR) is 84.0 cm³/mol. The molecule has 0 atom stereocenters. The molecule has 0 aliphatic heterocycles. The largest absolute Gasteiger partial charge is 0.383 e. The van der Waals surface area contributed by atoms with Crippen LogP contribution in [0.3, 0.4) is 0 Å². The summed E-state index contributed by atoms with van der Waals surface area (Å²) >= 11 is 3.45. The van der Waals surface area contributed by atoms with Crippen molar-refractivity contribution >= 4 is 21.7 Å². The smallest absolute Gasteiger partial charge is 0.131 e. The highest BCUT2D eigenvalue weighted by atomic mass is 79.9. The normalized spacial score (nSPS) is 11.2. The van der Waals surface area contributed by atoms with E-state index in [0.29, 0.717) is 5.92 Å². The third-order valence-electron chi connectivity index (χ3n) is 3.07. The lowest BCUT2D eigenvalue weighted by Gasteiger charge is -2.11. The van der Waals surface area contributed by atoms with E-state index in [-0.39, 0.29) is 0 Å². The third-order valence-corrected chi connectivity index (χ3v) is 3.60. The quantitative estimate of drug-likeness (QED) is 0.920. The minimum absolute atomic E-state index is 0.555. The maximum Gasteiger partial charge on any atom is 0.131 e. The van der Waals surface area contributed by atoms with Crippen molar-refractivity contribution in [3.05, 3.63) is 34.6 Å². The molecule has 1 heterocycles. The number of anilines is 1. The molecule has 0 saturated carbocycles. The first-order valence-electron chi connectivity index (χ1n) is 6.63. The summed E-state index contributed by atoms with van der Waals surface area (Å²) < 4.78 is 3.20. The van der Waals surface area contributed by atoms with Crippen LogP contribution in [0.1, 0.15) is 26.6 Å². The Balaban J connectivity index is 2.47. The first kappa shape index (κ1) is 14.1. The minimum Gasteiger partial charge on any atom is -0.383 e. The zero-order valence-electron chi connectivity index (χ0n) is 11.7. The Morgan fingerprint density at radius 3 is 2.42 bits per heavy atom. The molecule has 2 aromatic rings. The number of aromatic nitrogens is 2. The lowest BCUT2D eigenvalue weighted by Crippen LogP contribution is -2.10. The van der Waals surface area contributed by atoms with Crippen LogP contribution in [-0.4, -0.2) is 9.55 Å². The van der Waals surface area contributed by atoms with Crippen LogP contribution in [0.25, 0.3) is 11.3 Å². The van der Waals surface area contributed by atoms with E-state index in [0.717, 1.165) is 40.3 Å². The predicted octanol–water partition coefficient (Wildman–Crippen LogP) is 4.11. The van der Waals surface area contributed by atoms with Gasteiger partial charge in [0.05, 0.1) is 0 Å². The molecule has 0 amide bonds. The Hall–Kier alpha value is -1.29. The Kier molecular flexibility index (Phi) is 4.30. The summed E-state index contributed by atoms with van der Waals surface area (Å²) in [4.78, 5) is 4.70. The van der Waals surface area contributed by atoms with Gasteiger partial charge in [0.25, 0.3) is 0 Å². The van der Waals surface area contributed by atoms with Crippen LogP contribution in [0, 0.1) is 5.92 Å². The van der Waals surface area contributed by atoms with Gasteiger partial charge in [-0.05, 0) is 18.1 Å². The molecule has 0 aliphatic rings. The van der Waals surface area contributed by atoms with Crippen molar-refractivity contribution in [3.63, 3.8) is 0 Å². The van der Waals surface area contributed by atoms with E-state index in [1.807, 2.05) is 24.3 Å². The summed E-state index contributed by atoms with van der Waals surface area (Å²) in [6, 6.07) is 8.12. The standard InChI is InChI=1S/C15H20BrN3/c1-4-13-18-14(11-5-7-12(16)8-6-11)15(17)19(13)9-10(2)3/h5-8,10H,4,9,17H2,1-3H3. The number of imidazole rings is 1. The van der Waals surface area contributed by atoms with Gasteiger partial charge in [0.15, 0.2) is 0 Å². The van der Waals surface area contributed by atoms with Crippen LogP contribution in [0.15, 0.2) is 28.7 Å². The highest BCUT2D eigenvalue weighted by Crippen LogP contribution is 2.28. The molecule has 2 rings (SSSR count). The van der Waals surface area contributed by atoms with Gasteiger partial charge in [-0.3, -0.25) is 0 Å². The molecular weight excluding hydrogens is 302 g/mol. The average molecular weight is 322 g/mol. The average Bonchev–Trinajstić information content (AvgIpc) is 2.67. The number of nitrogen functional groups attached to an aromatic ring is 1. The Morgan fingerprint density at radius 1 is 1.26 bits per heavy atom. The van der Waals surface area contributed by atoms with Crippen LogP contribution in [0.2, 0.25) is 0 Å². The van der Waals surface area contributed by atoms with E-state index in [4.69, 9.17) is 10.7 Å². The second-order valence-electron chi connectivity index (χ2n) is 5.13. The van der Waals surface area contributed by atoms with Gasteiger partial charge in [-0.2, -0.15) is 0 Å². The van der Waals surface area contributed by atoms with Crippen molar-refractivity contribution in [3.8, 4) is 11.3 Å². The van der Waals surface area contributed by atoms with Gasteiger partial charge in [0, 0.05) is 23.0 Å². The van der Waals surface area contributed by atoms with Crippen molar-refractivity contribution in [2.24, 2.45) is 5.92 Å². The van der Waals surface area contributed by atoms with Crippen molar-refractivity contribution in [2.75, 3.05) is 5.73 Å². The topological polar surface area (TPSA) is 43.8 Å². The lowest BCUT2D eigenvalue weighted by molar-refractivity contribution is 0.513. The van der Waals surface area contributed by atoms with Crippen molar-refractivity contribution in [1.29, 1.82) is 0 Å². The molecule has 0 aliphatic carbocycles. The molecule has 3 nitrogen and oxygen atoms in total. The van der Waals surface area contributed by atoms with Gasteiger partial charge in [-0.15, -0.1) is 0 Å². The molecule has 1 aromatic carbocycles. The monoisotopic (exact) mass is 321 g/mol. The second kappa shape index (κ2) is 5.78. The molecule has 19 heavy (non-hydrogen) atoms. The Morgan fingerprint density at radius 2 is 1.89 bits per heavy atom. The summed E-state index contributed by atoms with van der Waals surface area (Å²) in [7, 11) is 0. The van der Waals surface area contributed by atoms with Gasteiger partial charge in [0.2, 0.25) is 0 Å². The van der Waals surface area contributed by atoms with E-state index >= 15 is 0 Å². The summed E-state index contributed by atoms with van der Waals surface area (Å²) in [6.45, 7) is 7.42. The van der Waals surface area contributed by atoms with Crippen LogP contribution in [-0.2, 0) is 13.0 Å². The van der Waals surface area contributed by atoms with Gasteiger partial charge in [-0.1, -0.05) is 48.8 Å². The summed E-state index contributed by atoms with van der Waals surface area (Å²) in [5.41, 5.74) is 8.25. The molecule has 0 unspecified atom stereocenters. The van der Waals surface area contributed by atoms with E-state index in [2.05, 4.69) is 41.3 Å². The van der Waals surface area contributed by atoms with E-state index in [1.54, 1.807) is 0 Å². The number of halogens is 1. The van der Waals surface area contributed by atoms with Gasteiger partial charge >= 0.3 is 0 Å². The van der Waals surface area contributed by atoms with E-state index in [9.17, 15) is 0 Å². The molecule has 0 fully saturated rings. The van der Waals surface area contributed by atoms with Crippen LogP contribution in [0.4, 0.5) is 5.82 Å². The number of aryl methyl sites for hydroxylation is 1. The fraction of sp³-hybridized carbons (Fsp3) is 0.400. The molecule has 2 N–H and O–H groups in total. The van der Waals surface area contributed by atoms with Gasteiger partial charge in [0.1, 0.15) is 17.3 Å². The summed E-state index contributed by atoms with van der Waals surface area (Å²) in [5.74, 6) is 2.39. The van der Waals surface area contributed by atoms with Gasteiger partial charge < -0.3 is 10.3 Å². The highest BCUT2D eigenvalue weighted by molar-refractivity contribution is 9.10. The number of hydrogen-bond donors (Lipinski definition) is 1. The highest BCUT2D eigenvalue weighted by Gasteiger charge is 2.15. The summed E-state index contributed by atoms with van der Waals surface area (Å²) in [5, 5.41) is 0.